The summed E-state index contributed by atoms with van der Waals surface area (Å²) in [5.74, 6) is -0.0652. The van der Waals surface area contributed by atoms with Gasteiger partial charge in [-0.1, -0.05) is 24.8 Å². The van der Waals surface area contributed by atoms with Crippen LogP contribution in [-0.4, -0.2) is 21.4 Å². The van der Waals surface area contributed by atoms with Crippen LogP contribution in [-0.2, 0) is 10.0 Å². The summed E-state index contributed by atoms with van der Waals surface area (Å²) >= 11 is 0. The van der Waals surface area contributed by atoms with Gasteiger partial charge in [-0.15, -0.1) is 0 Å². The second-order valence-electron chi connectivity index (χ2n) is 4.55. The molecule has 0 saturated heterocycles. The third-order valence-corrected chi connectivity index (χ3v) is 3.91. The van der Waals surface area contributed by atoms with Crippen LogP contribution in [0.4, 0.5) is 11.4 Å². The first-order valence-corrected chi connectivity index (χ1v) is 8.19. The second-order valence-corrected chi connectivity index (χ2v) is 6.18. The highest BCUT2D eigenvalue weighted by molar-refractivity contribution is 7.95. The van der Waals surface area contributed by atoms with Gasteiger partial charge >= 0.3 is 0 Å². The van der Waals surface area contributed by atoms with Crippen LogP contribution in [0.25, 0.3) is 0 Å². The molecule has 0 fully saturated rings. The van der Waals surface area contributed by atoms with Crippen LogP contribution in [0, 0.1) is 0 Å². The number of anilines is 2. The fourth-order valence-corrected chi connectivity index (χ4v) is 2.40. The topological polar surface area (TPSA) is 84.5 Å². The molecule has 0 aromatic heterocycles. The predicted octanol–water partition coefficient (Wildman–Crippen LogP) is 2.83. The van der Waals surface area contributed by atoms with Crippen LogP contribution in [0.1, 0.15) is 10.4 Å². The van der Waals surface area contributed by atoms with Crippen molar-refractivity contribution < 1.29 is 17.9 Å². The van der Waals surface area contributed by atoms with E-state index >= 15 is 0 Å². The van der Waals surface area contributed by atoms with Crippen molar-refractivity contribution in [1.82, 2.24) is 0 Å². The van der Waals surface area contributed by atoms with Gasteiger partial charge in [0, 0.05) is 16.7 Å². The molecular formula is C16H16N2O4S. The van der Waals surface area contributed by atoms with E-state index < -0.39 is 10.0 Å². The van der Waals surface area contributed by atoms with Crippen LogP contribution in [0.2, 0.25) is 0 Å². The number of rotatable bonds is 6. The smallest absolute Gasteiger partial charge is 0.255 e. The molecule has 0 radical (unpaired) electrons. The van der Waals surface area contributed by atoms with Gasteiger partial charge in [0.05, 0.1) is 12.8 Å². The van der Waals surface area contributed by atoms with E-state index in [1.165, 1.54) is 19.2 Å². The van der Waals surface area contributed by atoms with E-state index in [4.69, 9.17) is 4.74 Å². The maximum Gasteiger partial charge on any atom is 0.255 e. The Morgan fingerprint density at radius 2 is 1.87 bits per heavy atom. The number of carbonyl (C=O) groups excluding carboxylic acids is 1. The van der Waals surface area contributed by atoms with E-state index in [0.29, 0.717) is 11.4 Å². The van der Waals surface area contributed by atoms with Crippen LogP contribution in [0.15, 0.2) is 60.5 Å². The molecule has 0 saturated carbocycles. The van der Waals surface area contributed by atoms with Crippen LogP contribution >= 0.6 is 0 Å². The first-order valence-electron chi connectivity index (χ1n) is 6.65. The summed E-state index contributed by atoms with van der Waals surface area (Å²) in [7, 11) is -2.30. The molecule has 0 aliphatic carbocycles. The van der Waals surface area contributed by atoms with Gasteiger partial charge in [-0.05, 0) is 30.3 Å². The molecule has 0 spiro atoms. The van der Waals surface area contributed by atoms with Gasteiger partial charge in [-0.3, -0.25) is 9.52 Å². The van der Waals surface area contributed by atoms with Crippen molar-refractivity contribution in [3.05, 3.63) is 66.1 Å². The molecule has 2 aromatic rings. The lowest BCUT2D eigenvalue weighted by molar-refractivity contribution is 0.102. The van der Waals surface area contributed by atoms with E-state index in [1.54, 1.807) is 30.3 Å². The second kappa shape index (κ2) is 6.97. The number of para-hydroxylation sites is 1. The molecule has 1 amide bonds. The Morgan fingerprint density at radius 3 is 2.48 bits per heavy atom. The van der Waals surface area contributed by atoms with Crippen molar-refractivity contribution in [2.75, 3.05) is 17.1 Å². The Kier molecular flexibility index (Phi) is 5.02. The van der Waals surface area contributed by atoms with Gasteiger partial charge in [0.1, 0.15) is 5.75 Å². The molecule has 2 aromatic carbocycles. The van der Waals surface area contributed by atoms with Crippen molar-refractivity contribution in [1.29, 1.82) is 0 Å². The first kappa shape index (κ1) is 16.6. The summed E-state index contributed by atoms with van der Waals surface area (Å²) in [6, 6.07) is 13.4. The monoisotopic (exact) mass is 332 g/mol. The molecule has 0 aliphatic rings. The van der Waals surface area contributed by atoms with Crippen molar-refractivity contribution in [3.8, 4) is 5.75 Å². The molecule has 6 nitrogen and oxygen atoms in total. The highest BCUT2D eigenvalue weighted by Gasteiger charge is 2.14. The molecule has 0 aliphatic heterocycles. The SMILES string of the molecule is C=CS(=O)(=O)Nc1cc(C(=O)Nc2ccccc2)ccc1OC. The zero-order valence-corrected chi connectivity index (χ0v) is 13.3. The van der Waals surface area contributed by atoms with Gasteiger partial charge in [0.2, 0.25) is 0 Å². The first-order chi connectivity index (χ1) is 10.9. The zero-order valence-electron chi connectivity index (χ0n) is 12.4. The summed E-state index contributed by atoms with van der Waals surface area (Å²) in [4.78, 5) is 12.3. The summed E-state index contributed by atoms with van der Waals surface area (Å²) in [6.07, 6.45) is 0. The summed E-state index contributed by atoms with van der Waals surface area (Å²) in [5, 5.41) is 3.50. The fourth-order valence-electron chi connectivity index (χ4n) is 1.85. The summed E-state index contributed by atoms with van der Waals surface area (Å²) < 4.78 is 30.6. The normalized spacial score (nSPS) is 10.7. The summed E-state index contributed by atoms with van der Waals surface area (Å²) in [5.41, 5.74) is 1.09. The number of ether oxygens (including phenoxy) is 1. The molecule has 0 atom stereocenters. The van der Waals surface area contributed by atoms with Crippen LogP contribution in [0.3, 0.4) is 0 Å². The average molecular weight is 332 g/mol. The van der Waals surface area contributed by atoms with Crippen molar-refractivity contribution in [2.45, 2.75) is 0 Å². The number of benzene rings is 2. The van der Waals surface area contributed by atoms with Gasteiger partial charge in [0.25, 0.3) is 15.9 Å². The van der Waals surface area contributed by atoms with Crippen molar-refractivity contribution in [2.24, 2.45) is 0 Å². The number of nitrogens with one attached hydrogen (secondary N) is 2. The van der Waals surface area contributed by atoms with Crippen LogP contribution < -0.4 is 14.8 Å². The maximum atomic E-state index is 12.3. The van der Waals surface area contributed by atoms with Crippen LogP contribution in [0.5, 0.6) is 5.75 Å². The number of sulfonamides is 1. The quantitative estimate of drug-likeness (QED) is 0.852. The van der Waals surface area contributed by atoms with Gasteiger partial charge in [-0.2, -0.15) is 0 Å². The number of amides is 1. The largest absolute Gasteiger partial charge is 0.495 e. The predicted molar refractivity (Wildman–Crippen MR) is 90.1 cm³/mol. The van der Waals surface area contributed by atoms with Crippen molar-refractivity contribution >= 4 is 27.3 Å². The molecule has 2 rings (SSSR count). The minimum atomic E-state index is -3.70. The number of hydrogen-bond donors (Lipinski definition) is 2. The van der Waals surface area contributed by atoms with Crippen molar-refractivity contribution in [3.63, 3.8) is 0 Å². The number of hydrogen-bond acceptors (Lipinski definition) is 4. The molecule has 23 heavy (non-hydrogen) atoms. The Balaban J connectivity index is 2.29. The third-order valence-electron chi connectivity index (χ3n) is 2.96. The highest BCUT2D eigenvalue weighted by atomic mass is 32.2. The molecular weight excluding hydrogens is 316 g/mol. The lowest BCUT2D eigenvalue weighted by atomic mass is 10.1. The Labute approximate surface area is 134 Å². The molecule has 0 bridgehead atoms. The Morgan fingerprint density at radius 1 is 1.17 bits per heavy atom. The standard InChI is InChI=1S/C16H16N2O4S/c1-3-23(20,21)18-14-11-12(9-10-15(14)22-2)16(19)17-13-7-5-4-6-8-13/h3-11,18H,1H2,2H3,(H,17,19). The van der Waals surface area contributed by atoms with E-state index in [-0.39, 0.29) is 17.2 Å². The number of methoxy groups -OCH3 is 1. The summed E-state index contributed by atoms with van der Waals surface area (Å²) in [6.45, 7) is 3.23. The Bertz CT molecular complexity index is 817. The lowest BCUT2D eigenvalue weighted by Gasteiger charge is -2.12. The molecule has 2 N–H and O–H groups in total. The average Bonchev–Trinajstić information content (AvgIpc) is 2.55. The van der Waals surface area contributed by atoms with Gasteiger partial charge in [0.15, 0.2) is 0 Å². The molecule has 0 unspecified atom stereocenters. The zero-order chi connectivity index (χ0) is 16.9. The maximum absolute atomic E-state index is 12.3. The van der Waals surface area contributed by atoms with Gasteiger partial charge in [-0.25, -0.2) is 8.42 Å². The van der Waals surface area contributed by atoms with E-state index in [2.05, 4.69) is 16.6 Å². The number of carbonyl (C=O) groups is 1. The fraction of sp³-hybridized carbons (Fsp3) is 0.0625. The minimum Gasteiger partial charge on any atom is -0.495 e. The molecule has 7 heteroatoms. The highest BCUT2D eigenvalue weighted by Crippen LogP contribution is 2.27. The third kappa shape index (κ3) is 4.33. The Hall–Kier alpha value is -2.80. The van der Waals surface area contributed by atoms with E-state index in [0.717, 1.165) is 5.41 Å². The minimum absolute atomic E-state index is 0.160. The lowest BCUT2D eigenvalue weighted by Crippen LogP contribution is -2.14. The van der Waals surface area contributed by atoms with E-state index in [1.807, 2.05) is 6.07 Å². The molecule has 120 valence electrons. The van der Waals surface area contributed by atoms with E-state index in [9.17, 15) is 13.2 Å². The molecule has 0 heterocycles. The van der Waals surface area contributed by atoms with Gasteiger partial charge < -0.3 is 10.1 Å².